The Bertz CT molecular complexity index is 709. The zero-order chi connectivity index (χ0) is 17.5. The third-order valence-corrected chi connectivity index (χ3v) is 3.65. The normalized spacial score (nSPS) is 11.6. The van der Waals surface area contributed by atoms with Crippen LogP contribution in [0, 0.1) is 6.92 Å². The number of carbonyl (C=O) groups is 2. The van der Waals surface area contributed by atoms with Gasteiger partial charge in [-0.05, 0) is 50.1 Å². The van der Waals surface area contributed by atoms with Crippen molar-refractivity contribution in [1.82, 2.24) is 16.0 Å². The first-order chi connectivity index (χ1) is 11.5. The molecule has 0 saturated carbocycles. The molecule has 6 nitrogen and oxygen atoms in total. The Hall–Kier alpha value is -2.76. The van der Waals surface area contributed by atoms with Crippen LogP contribution in [0.15, 0.2) is 40.8 Å². The quantitative estimate of drug-likeness (QED) is 0.761. The van der Waals surface area contributed by atoms with Gasteiger partial charge in [-0.25, -0.2) is 4.79 Å². The standard InChI is InChI=1S/C18H23N3O3/c1-12-7-8-16(24-12)13(2)21-18(23)20-10-9-14-5-4-6-15(11-14)17(22)19-3/h4-8,11,13H,9-10H2,1-3H3,(H,19,22)(H2,20,21,23). The van der Waals surface area contributed by atoms with Crippen LogP contribution < -0.4 is 16.0 Å². The molecular formula is C18H23N3O3. The van der Waals surface area contributed by atoms with Crippen molar-refractivity contribution in [2.75, 3.05) is 13.6 Å². The van der Waals surface area contributed by atoms with Crippen molar-refractivity contribution in [2.45, 2.75) is 26.3 Å². The van der Waals surface area contributed by atoms with Gasteiger partial charge in [0.1, 0.15) is 11.5 Å². The van der Waals surface area contributed by atoms with Crippen LogP contribution in [0.2, 0.25) is 0 Å². The van der Waals surface area contributed by atoms with Crippen LogP contribution in [0.3, 0.4) is 0 Å². The minimum absolute atomic E-state index is 0.120. The van der Waals surface area contributed by atoms with Crippen LogP contribution in [0.4, 0.5) is 4.79 Å². The van der Waals surface area contributed by atoms with Crippen molar-refractivity contribution in [3.63, 3.8) is 0 Å². The maximum atomic E-state index is 11.9. The van der Waals surface area contributed by atoms with Crippen LogP contribution in [-0.4, -0.2) is 25.5 Å². The van der Waals surface area contributed by atoms with Gasteiger partial charge < -0.3 is 20.4 Å². The fourth-order valence-electron chi connectivity index (χ4n) is 2.34. The predicted octanol–water partition coefficient (Wildman–Crippen LogP) is 2.55. The first kappa shape index (κ1) is 17.6. The minimum Gasteiger partial charge on any atom is -0.464 e. The average Bonchev–Trinajstić information content (AvgIpc) is 3.01. The Morgan fingerprint density at radius 1 is 1.21 bits per heavy atom. The number of urea groups is 1. The van der Waals surface area contributed by atoms with E-state index in [4.69, 9.17) is 4.42 Å². The number of hydrogen-bond acceptors (Lipinski definition) is 3. The number of hydrogen-bond donors (Lipinski definition) is 3. The minimum atomic E-state index is -0.251. The molecule has 0 spiro atoms. The molecule has 6 heteroatoms. The van der Waals surface area contributed by atoms with E-state index in [0.717, 1.165) is 17.1 Å². The molecule has 3 amide bonds. The number of amides is 3. The SMILES string of the molecule is CNC(=O)c1cccc(CCNC(=O)NC(C)c2ccc(C)o2)c1. The largest absolute Gasteiger partial charge is 0.464 e. The molecule has 1 aromatic carbocycles. The average molecular weight is 329 g/mol. The third-order valence-electron chi connectivity index (χ3n) is 3.65. The summed E-state index contributed by atoms with van der Waals surface area (Å²) in [6, 6.07) is 10.6. The lowest BCUT2D eigenvalue weighted by Crippen LogP contribution is -2.37. The summed E-state index contributed by atoms with van der Waals surface area (Å²) in [5.41, 5.74) is 1.60. The van der Waals surface area contributed by atoms with Crippen molar-refractivity contribution in [3.05, 3.63) is 59.0 Å². The fraction of sp³-hybridized carbons (Fsp3) is 0.333. The molecule has 1 atom stereocenters. The Morgan fingerprint density at radius 2 is 2.00 bits per heavy atom. The van der Waals surface area contributed by atoms with Crippen LogP contribution >= 0.6 is 0 Å². The van der Waals surface area contributed by atoms with E-state index in [9.17, 15) is 9.59 Å². The topological polar surface area (TPSA) is 83.4 Å². The van der Waals surface area contributed by atoms with Crippen LogP contribution in [0.25, 0.3) is 0 Å². The first-order valence-corrected chi connectivity index (χ1v) is 7.91. The van der Waals surface area contributed by atoms with Gasteiger partial charge in [-0.1, -0.05) is 12.1 Å². The van der Waals surface area contributed by atoms with Crippen molar-refractivity contribution in [2.24, 2.45) is 0 Å². The van der Waals surface area contributed by atoms with Gasteiger partial charge in [0.15, 0.2) is 0 Å². The molecule has 0 aliphatic carbocycles. The highest BCUT2D eigenvalue weighted by Gasteiger charge is 2.12. The molecule has 24 heavy (non-hydrogen) atoms. The highest BCUT2D eigenvalue weighted by atomic mass is 16.3. The second-order valence-corrected chi connectivity index (χ2v) is 5.60. The Labute approximate surface area is 141 Å². The fourth-order valence-corrected chi connectivity index (χ4v) is 2.34. The summed E-state index contributed by atoms with van der Waals surface area (Å²) in [7, 11) is 1.60. The third kappa shape index (κ3) is 4.87. The first-order valence-electron chi connectivity index (χ1n) is 7.91. The van der Waals surface area contributed by atoms with Crippen molar-refractivity contribution in [3.8, 4) is 0 Å². The molecule has 1 heterocycles. The molecule has 1 aromatic heterocycles. The van der Waals surface area contributed by atoms with Gasteiger partial charge in [0.25, 0.3) is 5.91 Å². The monoisotopic (exact) mass is 329 g/mol. The molecule has 0 aliphatic rings. The lowest BCUT2D eigenvalue weighted by molar-refractivity contribution is 0.0963. The van der Waals surface area contributed by atoms with Gasteiger partial charge >= 0.3 is 6.03 Å². The lowest BCUT2D eigenvalue weighted by Gasteiger charge is -2.12. The Balaban J connectivity index is 1.79. The van der Waals surface area contributed by atoms with E-state index in [1.807, 2.05) is 44.2 Å². The second kappa shape index (κ2) is 8.19. The van der Waals surface area contributed by atoms with Gasteiger partial charge in [0.05, 0.1) is 6.04 Å². The zero-order valence-electron chi connectivity index (χ0n) is 14.2. The number of carbonyl (C=O) groups excluding carboxylic acids is 2. The van der Waals surface area contributed by atoms with Crippen molar-refractivity contribution >= 4 is 11.9 Å². The lowest BCUT2D eigenvalue weighted by atomic mass is 10.1. The molecule has 0 aliphatic heterocycles. The van der Waals surface area contributed by atoms with E-state index in [2.05, 4.69) is 16.0 Å². The second-order valence-electron chi connectivity index (χ2n) is 5.60. The summed E-state index contributed by atoms with van der Waals surface area (Å²) < 4.78 is 5.49. The van der Waals surface area contributed by atoms with Crippen LogP contribution in [-0.2, 0) is 6.42 Å². The van der Waals surface area contributed by atoms with E-state index >= 15 is 0 Å². The van der Waals surface area contributed by atoms with Crippen LogP contribution in [0.5, 0.6) is 0 Å². The maximum Gasteiger partial charge on any atom is 0.315 e. The number of aryl methyl sites for hydroxylation is 1. The summed E-state index contributed by atoms with van der Waals surface area (Å²) in [5.74, 6) is 1.42. The predicted molar refractivity (Wildman–Crippen MR) is 91.9 cm³/mol. The molecule has 2 rings (SSSR count). The van der Waals surface area contributed by atoms with E-state index in [0.29, 0.717) is 18.5 Å². The molecule has 3 N–H and O–H groups in total. The highest BCUT2D eigenvalue weighted by Crippen LogP contribution is 2.15. The molecule has 2 aromatic rings. The number of benzene rings is 1. The number of rotatable bonds is 6. The Morgan fingerprint density at radius 3 is 2.67 bits per heavy atom. The van der Waals surface area contributed by atoms with Crippen molar-refractivity contribution < 1.29 is 14.0 Å². The smallest absolute Gasteiger partial charge is 0.315 e. The summed E-state index contributed by atoms with van der Waals surface area (Å²) in [4.78, 5) is 23.5. The number of nitrogens with one attached hydrogen (secondary N) is 3. The summed E-state index contributed by atoms with van der Waals surface area (Å²) in [6.45, 7) is 4.21. The molecule has 0 radical (unpaired) electrons. The van der Waals surface area contributed by atoms with Gasteiger partial charge in [-0.15, -0.1) is 0 Å². The van der Waals surface area contributed by atoms with Crippen molar-refractivity contribution in [1.29, 1.82) is 0 Å². The van der Waals surface area contributed by atoms with Gasteiger partial charge in [0.2, 0.25) is 0 Å². The molecule has 0 bridgehead atoms. The summed E-state index contributed by atoms with van der Waals surface area (Å²) in [6.07, 6.45) is 0.645. The zero-order valence-corrected chi connectivity index (χ0v) is 14.2. The van der Waals surface area contributed by atoms with Gasteiger partial charge in [-0.3, -0.25) is 4.79 Å². The molecule has 128 valence electrons. The van der Waals surface area contributed by atoms with E-state index in [1.165, 1.54) is 0 Å². The van der Waals surface area contributed by atoms with Gasteiger partial charge in [0, 0.05) is 19.2 Å². The highest BCUT2D eigenvalue weighted by molar-refractivity contribution is 5.94. The molecule has 0 fully saturated rings. The summed E-state index contributed by atoms with van der Waals surface area (Å²) in [5, 5.41) is 8.23. The Kier molecular flexibility index (Phi) is 6.01. The van der Waals surface area contributed by atoms with Crippen LogP contribution in [0.1, 0.15) is 40.4 Å². The van der Waals surface area contributed by atoms with E-state index < -0.39 is 0 Å². The summed E-state index contributed by atoms with van der Waals surface area (Å²) >= 11 is 0. The maximum absolute atomic E-state index is 11.9. The molecular weight excluding hydrogens is 306 g/mol. The molecule has 0 saturated heterocycles. The van der Waals surface area contributed by atoms with Gasteiger partial charge in [-0.2, -0.15) is 0 Å². The number of furan rings is 1. The van der Waals surface area contributed by atoms with E-state index in [-0.39, 0.29) is 18.0 Å². The van der Waals surface area contributed by atoms with E-state index in [1.54, 1.807) is 13.1 Å². The molecule has 1 unspecified atom stereocenters.